The molecule has 1 heterocycles. The Kier molecular flexibility index (Phi) is 4.92. The van der Waals surface area contributed by atoms with Crippen LogP contribution < -0.4 is 0 Å². The second-order valence-electron chi connectivity index (χ2n) is 3.89. The van der Waals surface area contributed by atoms with Gasteiger partial charge in [-0.3, -0.25) is 9.35 Å². The zero-order chi connectivity index (χ0) is 13.8. The van der Waals surface area contributed by atoms with Gasteiger partial charge in [0.25, 0.3) is 5.91 Å². The van der Waals surface area contributed by atoms with Gasteiger partial charge in [0.05, 0.1) is 0 Å². The lowest BCUT2D eigenvalue weighted by Crippen LogP contribution is -2.32. The molecule has 0 aliphatic heterocycles. The van der Waals surface area contributed by atoms with Crippen LogP contribution in [0.1, 0.15) is 37.2 Å². The lowest BCUT2D eigenvalue weighted by atomic mass is 10.3. The molecular weight excluding hydrogens is 258 g/mol. The summed E-state index contributed by atoms with van der Waals surface area (Å²) in [4.78, 5) is 13.6. The van der Waals surface area contributed by atoms with Crippen molar-refractivity contribution in [3.05, 3.63) is 17.9 Å². The number of nitrogens with zero attached hydrogens (tertiary/aromatic N) is 1. The van der Waals surface area contributed by atoms with Crippen LogP contribution in [0.15, 0.2) is 21.6 Å². The number of hydrogen-bond acceptors (Lipinski definition) is 4. The fourth-order valence-corrected chi connectivity index (χ4v) is 2.02. The summed E-state index contributed by atoms with van der Waals surface area (Å²) in [5.41, 5.74) is 0. The molecule has 0 fully saturated rings. The number of carbonyl (C=O) groups excluding carboxylic acids is 1. The maximum atomic E-state index is 12.0. The Labute approximate surface area is 106 Å². The van der Waals surface area contributed by atoms with Crippen LogP contribution in [0.3, 0.4) is 0 Å². The van der Waals surface area contributed by atoms with E-state index < -0.39 is 15.2 Å². The number of amides is 1. The van der Waals surface area contributed by atoms with Crippen molar-refractivity contribution < 1.29 is 22.2 Å². The molecule has 1 aromatic heterocycles. The minimum absolute atomic E-state index is 0.0791. The Morgan fingerprint density at radius 2 is 1.83 bits per heavy atom. The molecule has 0 bridgehead atoms. The van der Waals surface area contributed by atoms with Crippen molar-refractivity contribution in [3.63, 3.8) is 0 Å². The van der Waals surface area contributed by atoms with Gasteiger partial charge in [-0.25, -0.2) is 0 Å². The molecule has 1 aromatic rings. The van der Waals surface area contributed by atoms with Crippen molar-refractivity contribution in [3.8, 4) is 0 Å². The van der Waals surface area contributed by atoms with Gasteiger partial charge in [0.2, 0.25) is 5.09 Å². The van der Waals surface area contributed by atoms with Gasteiger partial charge in [-0.15, -0.1) is 0 Å². The first-order valence-electron chi connectivity index (χ1n) is 5.76. The van der Waals surface area contributed by atoms with E-state index in [1.807, 2.05) is 13.8 Å². The second-order valence-corrected chi connectivity index (χ2v) is 5.24. The molecule has 7 heteroatoms. The van der Waals surface area contributed by atoms with Crippen LogP contribution in [0.25, 0.3) is 0 Å². The fourth-order valence-electron chi connectivity index (χ4n) is 1.58. The maximum absolute atomic E-state index is 12.0. The first-order chi connectivity index (χ1) is 8.40. The average Bonchev–Trinajstić information content (AvgIpc) is 2.76. The molecule has 1 rings (SSSR count). The van der Waals surface area contributed by atoms with Gasteiger partial charge in [-0.1, -0.05) is 13.8 Å². The van der Waals surface area contributed by atoms with Gasteiger partial charge in [0.1, 0.15) is 0 Å². The van der Waals surface area contributed by atoms with Crippen molar-refractivity contribution >= 4 is 16.0 Å². The summed E-state index contributed by atoms with van der Waals surface area (Å²) >= 11 is 0. The highest BCUT2D eigenvalue weighted by molar-refractivity contribution is 7.85. The second kappa shape index (κ2) is 6.01. The van der Waals surface area contributed by atoms with Gasteiger partial charge >= 0.3 is 10.1 Å². The van der Waals surface area contributed by atoms with Gasteiger partial charge < -0.3 is 9.32 Å². The normalized spacial score (nSPS) is 11.5. The van der Waals surface area contributed by atoms with E-state index in [4.69, 9.17) is 8.97 Å². The lowest BCUT2D eigenvalue weighted by Gasteiger charge is -2.19. The number of rotatable bonds is 6. The molecular formula is C11H17NO5S. The first-order valence-corrected chi connectivity index (χ1v) is 7.20. The van der Waals surface area contributed by atoms with Gasteiger partial charge in [-0.05, 0) is 25.0 Å². The van der Waals surface area contributed by atoms with Crippen LogP contribution in [0.2, 0.25) is 0 Å². The molecule has 0 saturated carbocycles. The van der Waals surface area contributed by atoms with E-state index in [9.17, 15) is 13.2 Å². The topological polar surface area (TPSA) is 87.8 Å². The molecule has 0 unspecified atom stereocenters. The average molecular weight is 275 g/mol. The number of carbonyl (C=O) groups is 1. The standard InChI is InChI=1S/C11H17NO5S/c1-3-7-12(8-4-2)11(13)9-5-6-10(17-9)18(14,15)16/h5-6H,3-4,7-8H2,1-2H3,(H,14,15,16). The summed E-state index contributed by atoms with van der Waals surface area (Å²) in [6.45, 7) is 5.05. The van der Waals surface area contributed by atoms with E-state index in [0.29, 0.717) is 13.1 Å². The predicted octanol–water partition coefficient (Wildman–Crippen LogP) is 1.79. The molecule has 6 nitrogen and oxygen atoms in total. The summed E-state index contributed by atoms with van der Waals surface area (Å²) < 4.78 is 35.3. The van der Waals surface area contributed by atoms with E-state index in [2.05, 4.69) is 0 Å². The molecule has 18 heavy (non-hydrogen) atoms. The lowest BCUT2D eigenvalue weighted by molar-refractivity contribution is 0.0717. The van der Waals surface area contributed by atoms with Crippen LogP contribution >= 0.6 is 0 Å². The first kappa shape index (κ1) is 14.7. The molecule has 102 valence electrons. The highest BCUT2D eigenvalue weighted by atomic mass is 32.2. The summed E-state index contributed by atoms with van der Waals surface area (Å²) in [6.07, 6.45) is 1.61. The van der Waals surface area contributed by atoms with Gasteiger partial charge in [0.15, 0.2) is 5.76 Å². The van der Waals surface area contributed by atoms with Crippen molar-refractivity contribution in [2.24, 2.45) is 0 Å². The van der Waals surface area contributed by atoms with Crippen molar-refractivity contribution in [2.75, 3.05) is 13.1 Å². The van der Waals surface area contributed by atoms with Crippen LogP contribution in [0.5, 0.6) is 0 Å². The van der Waals surface area contributed by atoms with Crippen LogP contribution in [-0.2, 0) is 10.1 Å². The van der Waals surface area contributed by atoms with E-state index in [0.717, 1.165) is 18.9 Å². The predicted molar refractivity (Wildman–Crippen MR) is 65.0 cm³/mol. The highest BCUT2D eigenvalue weighted by Crippen LogP contribution is 2.15. The zero-order valence-corrected chi connectivity index (χ0v) is 11.2. The van der Waals surface area contributed by atoms with E-state index in [1.165, 1.54) is 6.07 Å². The largest absolute Gasteiger partial charge is 0.437 e. The molecule has 0 saturated heterocycles. The van der Waals surface area contributed by atoms with Crippen LogP contribution in [0.4, 0.5) is 0 Å². The van der Waals surface area contributed by atoms with E-state index in [-0.39, 0.29) is 11.7 Å². The Balaban J connectivity index is 2.92. The SMILES string of the molecule is CCCN(CCC)C(=O)c1ccc(S(=O)(=O)O)o1. The molecule has 0 radical (unpaired) electrons. The quantitative estimate of drug-likeness (QED) is 0.800. The van der Waals surface area contributed by atoms with E-state index >= 15 is 0 Å². The number of hydrogen-bond donors (Lipinski definition) is 1. The molecule has 0 aliphatic rings. The van der Waals surface area contributed by atoms with Crippen molar-refractivity contribution in [1.29, 1.82) is 0 Å². The third-order valence-electron chi connectivity index (χ3n) is 2.32. The van der Waals surface area contributed by atoms with Crippen molar-refractivity contribution in [1.82, 2.24) is 4.90 Å². The smallest absolute Gasteiger partial charge is 0.328 e. The van der Waals surface area contributed by atoms with Crippen LogP contribution in [-0.4, -0.2) is 36.9 Å². The highest BCUT2D eigenvalue weighted by Gasteiger charge is 2.21. The summed E-state index contributed by atoms with van der Waals surface area (Å²) in [5, 5.41) is -0.612. The van der Waals surface area contributed by atoms with E-state index in [1.54, 1.807) is 4.90 Å². The van der Waals surface area contributed by atoms with Gasteiger partial charge in [0, 0.05) is 13.1 Å². The van der Waals surface area contributed by atoms with Gasteiger partial charge in [-0.2, -0.15) is 8.42 Å². The maximum Gasteiger partial charge on any atom is 0.328 e. The summed E-state index contributed by atoms with van der Waals surface area (Å²) in [6, 6.07) is 2.32. The molecule has 0 spiro atoms. The third kappa shape index (κ3) is 3.58. The Bertz CT molecular complexity index is 499. The Hall–Kier alpha value is -1.34. The molecule has 1 N–H and O–H groups in total. The molecule has 0 atom stereocenters. The Morgan fingerprint density at radius 1 is 1.28 bits per heavy atom. The van der Waals surface area contributed by atoms with Crippen molar-refractivity contribution in [2.45, 2.75) is 31.8 Å². The summed E-state index contributed by atoms with van der Waals surface area (Å²) in [5.74, 6) is -0.446. The molecule has 1 amide bonds. The summed E-state index contributed by atoms with van der Waals surface area (Å²) in [7, 11) is -4.40. The minimum Gasteiger partial charge on any atom is -0.437 e. The monoisotopic (exact) mass is 275 g/mol. The molecule has 0 aromatic carbocycles. The molecule has 0 aliphatic carbocycles. The Morgan fingerprint density at radius 3 is 2.22 bits per heavy atom. The third-order valence-corrected chi connectivity index (χ3v) is 3.05. The van der Waals surface area contributed by atoms with Crippen LogP contribution in [0, 0.1) is 0 Å². The zero-order valence-electron chi connectivity index (χ0n) is 10.4. The number of furan rings is 1. The fraction of sp³-hybridized carbons (Fsp3) is 0.545. The minimum atomic E-state index is -4.40.